The van der Waals surface area contributed by atoms with Gasteiger partial charge in [-0.2, -0.15) is 8.42 Å². The Bertz CT molecular complexity index is 300. The molecule has 5 nitrogen and oxygen atoms in total. The van der Waals surface area contributed by atoms with Gasteiger partial charge in [0.05, 0.1) is 0 Å². The second-order valence-electron chi connectivity index (χ2n) is 1.89. The summed E-state index contributed by atoms with van der Waals surface area (Å²) in [7, 11) is -4.73. The van der Waals surface area contributed by atoms with Crippen molar-refractivity contribution in [3.8, 4) is 0 Å². The lowest BCUT2D eigenvalue weighted by molar-refractivity contribution is -0.130. The lowest BCUT2D eigenvalue weighted by atomic mass is 10.2. The third-order valence-corrected chi connectivity index (χ3v) is 1.22. The van der Waals surface area contributed by atoms with Crippen molar-refractivity contribution in [2.75, 3.05) is 0 Å². The highest BCUT2D eigenvalue weighted by Gasteiger charge is 2.14. The molecule has 0 rings (SSSR count). The van der Waals surface area contributed by atoms with Crippen LogP contribution in [0.5, 0.6) is 0 Å². The van der Waals surface area contributed by atoms with E-state index in [1.807, 2.05) is 0 Å². The second kappa shape index (κ2) is 4.03. The van der Waals surface area contributed by atoms with Gasteiger partial charge in [-0.05, 0) is 6.42 Å². The van der Waals surface area contributed by atoms with Crippen molar-refractivity contribution < 1.29 is 21.9 Å². The van der Waals surface area contributed by atoms with Crippen molar-refractivity contribution in [1.29, 1.82) is 0 Å². The summed E-state index contributed by atoms with van der Waals surface area (Å²) in [6.07, 6.45) is 1.46. The fourth-order valence-electron chi connectivity index (χ4n) is 0.412. The quantitative estimate of drug-likeness (QED) is 0.397. The number of carbonyl (C=O) groups excluding carboxylic acids is 1. The van der Waals surface area contributed by atoms with E-state index in [1.165, 1.54) is 6.08 Å². The van der Waals surface area contributed by atoms with E-state index in [0.29, 0.717) is 0 Å². The van der Waals surface area contributed by atoms with E-state index in [4.69, 9.17) is 4.55 Å². The summed E-state index contributed by atoms with van der Waals surface area (Å²) in [5.74, 6) is -1.18. The van der Waals surface area contributed by atoms with Gasteiger partial charge in [0.15, 0.2) is 0 Å². The third-order valence-electron chi connectivity index (χ3n) is 0.860. The first-order valence-electron chi connectivity index (χ1n) is 2.86. The standard InChI is InChI=1S/C6H8O5S/c1-3-4-5(2)6(7)11-12(8,9)10/h3H,1-2,4H2,(H,8,9,10). The molecule has 0 atom stereocenters. The van der Waals surface area contributed by atoms with Gasteiger partial charge in [0, 0.05) is 5.57 Å². The summed E-state index contributed by atoms with van der Waals surface area (Å²) in [5.41, 5.74) is -0.0948. The molecular formula is C6H8O5S. The molecule has 0 aliphatic heterocycles. The van der Waals surface area contributed by atoms with E-state index in [-0.39, 0.29) is 12.0 Å². The van der Waals surface area contributed by atoms with Crippen LogP contribution in [0.2, 0.25) is 0 Å². The second-order valence-corrected chi connectivity index (χ2v) is 2.92. The van der Waals surface area contributed by atoms with Crippen LogP contribution in [0.3, 0.4) is 0 Å². The van der Waals surface area contributed by atoms with Crippen LogP contribution in [-0.4, -0.2) is 18.9 Å². The number of allylic oxidation sites excluding steroid dienone is 1. The van der Waals surface area contributed by atoms with Crippen molar-refractivity contribution in [1.82, 2.24) is 0 Å². The van der Waals surface area contributed by atoms with Crippen LogP contribution >= 0.6 is 0 Å². The van der Waals surface area contributed by atoms with E-state index < -0.39 is 16.4 Å². The monoisotopic (exact) mass is 192 g/mol. The van der Waals surface area contributed by atoms with Crippen molar-refractivity contribution in [2.45, 2.75) is 6.42 Å². The average molecular weight is 192 g/mol. The maximum absolute atomic E-state index is 10.6. The van der Waals surface area contributed by atoms with Gasteiger partial charge >= 0.3 is 16.4 Å². The Morgan fingerprint density at radius 1 is 1.58 bits per heavy atom. The molecule has 0 aliphatic carbocycles. The van der Waals surface area contributed by atoms with Crippen LogP contribution < -0.4 is 0 Å². The molecule has 0 fully saturated rings. The molecule has 0 radical (unpaired) electrons. The number of rotatable bonds is 4. The van der Waals surface area contributed by atoms with Crippen LogP contribution in [0, 0.1) is 0 Å². The highest BCUT2D eigenvalue weighted by atomic mass is 32.3. The molecular weight excluding hydrogens is 184 g/mol. The molecule has 0 bridgehead atoms. The minimum absolute atomic E-state index is 0.0948. The van der Waals surface area contributed by atoms with Gasteiger partial charge < -0.3 is 4.18 Å². The largest absolute Gasteiger partial charge is 0.449 e. The Hall–Kier alpha value is -1.14. The maximum atomic E-state index is 10.6. The van der Waals surface area contributed by atoms with Gasteiger partial charge in [-0.15, -0.1) is 6.58 Å². The molecule has 0 aliphatic rings. The Morgan fingerprint density at radius 3 is 2.42 bits per heavy atom. The van der Waals surface area contributed by atoms with Gasteiger partial charge in [0.25, 0.3) is 0 Å². The lowest BCUT2D eigenvalue weighted by Crippen LogP contribution is -2.12. The minimum Gasteiger partial charge on any atom is -0.321 e. The van der Waals surface area contributed by atoms with Crippen molar-refractivity contribution in [2.24, 2.45) is 0 Å². The SMILES string of the molecule is C=CCC(=C)C(=O)OS(=O)(=O)O. The van der Waals surface area contributed by atoms with Crippen molar-refractivity contribution >= 4 is 16.4 Å². The Morgan fingerprint density at radius 2 is 2.08 bits per heavy atom. The zero-order chi connectivity index (χ0) is 9.78. The van der Waals surface area contributed by atoms with Crippen LogP contribution in [-0.2, 0) is 19.4 Å². The summed E-state index contributed by atoms with van der Waals surface area (Å²) in [6, 6.07) is 0. The average Bonchev–Trinajstić information content (AvgIpc) is 1.84. The smallest absolute Gasteiger partial charge is 0.321 e. The van der Waals surface area contributed by atoms with Crippen LogP contribution in [0.4, 0.5) is 0 Å². The van der Waals surface area contributed by atoms with E-state index in [9.17, 15) is 13.2 Å². The predicted octanol–water partition coefficient (Wildman–Crippen LogP) is 0.465. The first-order valence-corrected chi connectivity index (χ1v) is 4.23. The molecule has 68 valence electrons. The maximum Gasteiger partial charge on any atom is 0.449 e. The Kier molecular flexibility index (Phi) is 3.65. The zero-order valence-corrected chi connectivity index (χ0v) is 7.00. The van der Waals surface area contributed by atoms with E-state index in [2.05, 4.69) is 17.3 Å². The van der Waals surface area contributed by atoms with Gasteiger partial charge in [-0.3, -0.25) is 4.55 Å². The Labute approximate surface area is 70.3 Å². The van der Waals surface area contributed by atoms with Gasteiger partial charge in [0.2, 0.25) is 0 Å². The molecule has 0 saturated heterocycles. The molecule has 12 heavy (non-hydrogen) atoms. The fraction of sp³-hybridized carbons (Fsp3) is 0.167. The molecule has 0 aromatic heterocycles. The summed E-state index contributed by atoms with van der Waals surface area (Å²) in [6.45, 7) is 6.51. The van der Waals surface area contributed by atoms with Crippen LogP contribution in [0.25, 0.3) is 0 Å². The number of hydrogen-bond donors (Lipinski definition) is 1. The number of hydrogen-bond acceptors (Lipinski definition) is 4. The summed E-state index contributed by atoms with van der Waals surface area (Å²) >= 11 is 0. The van der Waals surface area contributed by atoms with E-state index in [1.54, 1.807) is 0 Å². The number of carbonyl (C=O) groups is 1. The van der Waals surface area contributed by atoms with Crippen molar-refractivity contribution in [3.05, 3.63) is 24.8 Å². The van der Waals surface area contributed by atoms with Gasteiger partial charge in [-0.1, -0.05) is 12.7 Å². The molecule has 0 spiro atoms. The molecule has 0 unspecified atom stereocenters. The van der Waals surface area contributed by atoms with Gasteiger partial charge in [0.1, 0.15) is 0 Å². The molecule has 0 aromatic rings. The third kappa shape index (κ3) is 4.64. The molecule has 0 saturated carbocycles. The highest BCUT2D eigenvalue weighted by molar-refractivity contribution is 7.81. The normalized spacial score (nSPS) is 10.4. The molecule has 0 aromatic carbocycles. The first-order chi connectivity index (χ1) is 5.37. The summed E-state index contributed by atoms with van der Waals surface area (Å²) < 4.78 is 31.7. The molecule has 6 heteroatoms. The van der Waals surface area contributed by atoms with Gasteiger partial charge in [-0.25, -0.2) is 4.79 Å². The van der Waals surface area contributed by atoms with Crippen LogP contribution in [0.15, 0.2) is 24.8 Å². The molecule has 0 amide bonds. The minimum atomic E-state index is -4.73. The first kappa shape index (κ1) is 10.9. The highest BCUT2D eigenvalue weighted by Crippen LogP contribution is 2.03. The van der Waals surface area contributed by atoms with Crippen LogP contribution in [0.1, 0.15) is 6.42 Å². The summed E-state index contributed by atoms with van der Waals surface area (Å²) in [4.78, 5) is 10.6. The van der Waals surface area contributed by atoms with E-state index in [0.717, 1.165) is 0 Å². The fourth-order valence-corrected chi connectivity index (χ4v) is 0.721. The van der Waals surface area contributed by atoms with Crippen molar-refractivity contribution in [3.63, 3.8) is 0 Å². The lowest BCUT2D eigenvalue weighted by Gasteiger charge is -1.99. The molecule has 1 N–H and O–H groups in total. The topological polar surface area (TPSA) is 80.7 Å². The predicted molar refractivity (Wildman–Crippen MR) is 41.6 cm³/mol. The Balaban J connectivity index is 4.24. The molecule has 0 heterocycles. The summed E-state index contributed by atoms with van der Waals surface area (Å²) in [5, 5.41) is 0. The zero-order valence-electron chi connectivity index (χ0n) is 6.19. The van der Waals surface area contributed by atoms with E-state index >= 15 is 0 Å².